The Balaban J connectivity index is 1.73. The first-order valence-corrected chi connectivity index (χ1v) is 10.7. The molecule has 2 aliphatic rings. The number of thiophene rings is 1. The second-order valence-electron chi connectivity index (χ2n) is 7.97. The van der Waals surface area contributed by atoms with Crippen molar-refractivity contribution in [1.29, 1.82) is 0 Å². The van der Waals surface area contributed by atoms with E-state index in [4.69, 9.17) is 0 Å². The van der Waals surface area contributed by atoms with Gasteiger partial charge in [-0.3, -0.25) is 4.79 Å². The molecule has 2 aromatic rings. The second kappa shape index (κ2) is 7.14. The van der Waals surface area contributed by atoms with Crippen LogP contribution in [0.4, 0.5) is 5.82 Å². The number of anilines is 1. The van der Waals surface area contributed by atoms with Crippen LogP contribution in [-0.4, -0.2) is 46.5 Å². The van der Waals surface area contributed by atoms with Crippen molar-refractivity contribution in [2.75, 3.05) is 24.5 Å². The molecule has 0 unspecified atom stereocenters. The van der Waals surface area contributed by atoms with Crippen molar-refractivity contribution in [1.82, 2.24) is 14.9 Å². The number of carbonyl (C=O) groups excluding carboxylic acids is 1. The van der Waals surface area contributed by atoms with Crippen LogP contribution in [0.5, 0.6) is 0 Å². The van der Waals surface area contributed by atoms with Gasteiger partial charge in [0, 0.05) is 25.7 Å². The number of carbonyl (C=O) groups is 1. The number of aryl methyl sites for hydroxylation is 1. The fourth-order valence-electron chi connectivity index (χ4n) is 4.41. The Morgan fingerprint density at radius 3 is 2.77 bits per heavy atom. The summed E-state index contributed by atoms with van der Waals surface area (Å²) in [5, 5.41) is 1.08. The maximum absolute atomic E-state index is 13.2. The van der Waals surface area contributed by atoms with Crippen molar-refractivity contribution < 1.29 is 4.79 Å². The normalized spacial score (nSPS) is 24.3. The molecule has 0 bridgehead atoms. The predicted octanol–water partition coefficient (Wildman–Crippen LogP) is 4.25. The van der Waals surface area contributed by atoms with Gasteiger partial charge in [-0.2, -0.15) is 0 Å². The Morgan fingerprint density at radius 1 is 1.15 bits per heavy atom. The van der Waals surface area contributed by atoms with E-state index in [1.165, 1.54) is 37.0 Å². The minimum Gasteiger partial charge on any atom is -0.353 e. The lowest BCUT2D eigenvalue weighted by Gasteiger charge is -2.34. The van der Waals surface area contributed by atoms with E-state index in [1.54, 1.807) is 6.33 Å². The molecule has 0 N–H and O–H groups in total. The van der Waals surface area contributed by atoms with Crippen LogP contribution in [0.1, 0.15) is 61.2 Å². The zero-order chi connectivity index (χ0) is 18.3. The summed E-state index contributed by atoms with van der Waals surface area (Å²) in [7, 11) is 0. The summed E-state index contributed by atoms with van der Waals surface area (Å²) in [5.74, 6) is 1.78. The molecule has 4 heterocycles. The summed E-state index contributed by atoms with van der Waals surface area (Å²) in [6.45, 7) is 9.36. The first-order valence-electron chi connectivity index (χ1n) is 9.86. The average molecular weight is 373 g/mol. The molecule has 26 heavy (non-hydrogen) atoms. The van der Waals surface area contributed by atoms with Gasteiger partial charge in [-0.1, -0.05) is 6.92 Å². The van der Waals surface area contributed by atoms with E-state index in [2.05, 4.69) is 35.6 Å². The highest BCUT2D eigenvalue weighted by Gasteiger charge is 2.29. The van der Waals surface area contributed by atoms with E-state index in [0.717, 1.165) is 52.5 Å². The zero-order valence-corrected chi connectivity index (χ0v) is 16.8. The fraction of sp³-hybridized carbons (Fsp3) is 0.650. The van der Waals surface area contributed by atoms with Crippen LogP contribution >= 0.6 is 11.3 Å². The molecule has 6 heteroatoms. The number of hydrogen-bond donors (Lipinski definition) is 0. The van der Waals surface area contributed by atoms with Gasteiger partial charge in [0.25, 0.3) is 5.91 Å². The second-order valence-corrected chi connectivity index (χ2v) is 8.97. The van der Waals surface area contributed by atoms with Gasteiger partial charge < -0.3 is 9.80 Å². The molecular weight excluding hydrogens is 344 g/mol. The van der Waals surface area contributed by atoms with Crippen LogP contribution in [0, 0.1) is 12.8 Å². The quantitative estimate of drug-likeness (QED) is 0.791. The summed E-state index contributed by atoms with van der Waals surface area (Å²) < 4.78 is 0. The molecule has 2 fully saturated rings. The number of nitrogens with zero attached hydrogens (tertiary/aromatic N) is 4. The third-order valence-electron chi connectivity index (χ3n) is 5.92. The minimum atomic E-state index is 0.176. The molecular formula is C20H28N4OS. The van der Waals surface area contributed by atoms with Gasteiger partial charge in [0.2, 0.25) is 0 Å². The number of amides is 1. The summed E-state index contributed by atoms with van der Waals surface area (Å²) in [6, 6.07) is 0.489. The van der Waals surface area contributed by atoms with Crippen molar-refractivity contribution in [3.05, 3.63) is 16.8 Å². The number of hydrogen-bond acceptors (Lipinski definition) is 5. The van der Waals surface area contributed by atoms with Gasteiger partial charge in [0.15, 0.2) is 0 Å². The van der Waals surface area contributed by atoms with Crippen molar-refractivity contribution in [3.8, 4) is 0 Å². The lowest BCUT2D eigenvalue weighted by Crippen LogP contribution is -2.39. The van der Waals surface area contributed by atoms with E-state index in [9.17, 15) is 4.79 Å². The van der Waals surface area contributed by atoms with Gasteiger partial charge in [0.1, 0.15) is 17.0 Å². The Kier molecular flexibility index (Phi) is 4.86. The van der Waals surface area contributed by atoms with Gasteiger partial charge in [-0.15, -0.1) is 11.3 Å². The lowest BCUT2D eigenvalue weighted by atomic mass is 10.00. The molecule has 5 nitrogen and oxygen atoms in total. The Morgan fingerprint density at radius 2 is 2.00 bits per heavy atom. The molecule has 1 amide bonds. The molecule has 0 spiro atoms. The van der Waals surface area contributed by atoms with Gasteiger partial charge >= 0.3 is 0 Å². The summed E-state index contributed by atoms with van der Waals surface area (Å²) in [6.07, 6.45) is 7.67. The smallest absolute Gasteiger partial charge is 0.264 e. The highest BCUT2D eigenvalue weighted by Crippen LogP contribution is 2.37. The SMILES string of the molecule is Cc1c(C(=O)N2CCC[C@@H](C)C2)sc2ncnc(N3CCCC[C@@H]3C)c12. The molecule has 0 aromatic carbocycles. The standard InChI is InChI=1S/C20H28N4OS/c1-13-7-6-9-23(11-13)20(25)17-15(3)16-18(21-12-22-19(16)26-17)24-10-5-4-8-14(24)2/h12-14H,4-11H2,1-3H3/t13-,14+/m1/s1. The number of aromatic nitrogens is 2. The topological polar surface area (TPSA) is 49.3 Å². The number of fused-ring (bicyclic) bond motifs is 1. The molecule has 0 saturated carbocycles. The Bertz CT molecular complexity index is 817. The highest BCUT2D eigenvalue weighted by molar-refractivity contribution is 7.20. The molecule has 2 aliphatic heterocycles. The van der Waals surface area contributed by atoms with Gasteiger partial charge in [0.05, 0.1) is 10.3 Å². The molecule has 2 saturated heterocycles. The third-order valence-corrected chi connectivity index (χ3v) is 7.11. The van der Waals surface area contributed by atoms with E-state index >= 15 is 0 Å². The zero-order valence-electron chi connectivity index (χ0n) is 16.0. The van der Waals surface area contributed by atoms with Gasteiger partial charge in [-0.25, -0.2) is 9.97 Å². The Hall–Kier alpha value is -1.69. The predicted molar refractivity (Wildman–Crippen MR) is 107 cm³/mol. The van der Waals surface area contributed by atoms with Crippen molar-refractivity contribution in [2.45, 2.75) is 58.9 Å². The molecule has 2 aromatic heterocycles. The van der Waals surface area contributed by atoms with Crippen molar-refractivity contribution in [2.24, 2.45) is 5.92 Å². The maximum atomic E-state index is 13.2. The van der Waals surface area contributed by atoms with Crippen LogP contribution in [0.2, 0.25) is 0 Å². The third kappa shape index (κ3) is 3.08. The van der Waals surface area contributed by atoms with Crippen molar-refractivity contribution in [3.63, 3.8) is 0 Å². The van der Waals surface area contributed by atoms with Crippen LogP contribution in [0.15, 0.2) is 6.33 Å². The minimum absolute atomic E-state index is 0.176. The van der Waals surface area contributed by atoms with Crippen LogP contribution in [0.3, 0.4) is 0 Å². The summed E-state index contributed by atoms with van der Waals surface area (Å²) in [4.78, 5) is 28.5. The first kappa shape index (κ1) is 17.7. The number of likely N-dealkylation sites (tertiary alicyclic amines) is 1. The largest absolute Gasteiger partial charge is 0.353 e. The average Bonchev–Trinajstić information content (AvgIpc) is 2.98. The Labute approximate surface area is 159 Å². The van der Waals surface area contributed by atoms with E-state index < -0.39 is 0 Å². The molecule has 4 rings (SSSR count). The van der Waals surface area contributed by atoms with Crippen molar-refractivity contribution >= 4 is 33.3 Å². The monoisotopic (exact) mass is 372 g/mol. The number of piperidine rings is 2. The van der Waals surface area contributed by atoms with Crippen LogP contribution in [0.25, 0.3) is 10.2 Å². The maximum Gasteiger partial charge on any atom is 0.264 e. The first-order chi connectivity index (χ1) is 12.6. The van der Waals surface area contributed by atoms with E-state index in [1.807, 2.05) is 4.90 Å². The lowest BCUT2D eigenvalue weighted by molar-refractivity contribution is 0.0687. The van der Waals surface area contributed by atoms with Crippen LogP contribution < -0.4 is 4.90 Å². The molecule has 0 radical (unpaired) electrons. The fourth-order valence-corrected chi connectivity index (χ4v) is 5.52. The molecule has 2 atom stereocenters. The van der Waals surface area contributed by atoms with Gasteiger partial charge in [-0.05, 0) is 57.4 Å². The molecule has 0 aliphatic carbocycles. The highest BCUT2D eigenvalue weighted by atomic mass is 32.1. The summed E-state index contributed by atoms with van der Waals surface area (Å²) in [5.41, 5.74) is 1.06. The summed E-state index contributed by atoms with van der Waals surface area (Å²) >= 11 is 1.54. The van der Waals surface area contributed by atoms with E-state index in [-0.39, 0.29) is 5.91 Å². The number of rotatable bonds is 2. The van der Waals surface area contributed by atoms with E-state index in [0.29, 0.717) is 12.0 Å². The molecule has 140 valence electrons. The van der Waals surface area contributed by atoms with Crippen LogP contribution in [-0.2, 0) is 0 Å².